The first kappa shape index (κ1) is 20.0. The normalized spacial score (nSPS) is 28.6. The highest BCUT2D eigenvalue weighted by Gasteiger charge is 2.34. The van der Waals surface area contributed by atoms with Crippen molar-refractivity contribution in [2.75, 3.05) is 13.1 Å². The molecular formula is C14H29Cl2N3O. The van der Waals surface area contributed by atoms with Gasteiger partial charge in [0.05, 0.1) is 5.54 Å². The van der Waals surface area contributed by atoms with Crippen molar-refractivity contribution in [3.05, 3.63) is 0 Å². The highest BCUT2D eigenvalue weighted by molar-refractivity contribution is 5.86. The average molecular weight is 326 g/mol. The van der Waals surface area contributed by atoms with Crippen molar-refractivity contribution in [1.82, 2.24) is 10.2 Å². The van der Waals surface area contributed by atoms with Gasteiger partial charge in [-0.2, -0.15) is 0 Å². The summed E-state index contributed by atoms with van der Waals surface area (Å²) in [7, 11) is 0. The standard InChI is InChI=1S/C14H27N3O.2ClH/c1-3-7-14(2,15)13(18)16-11-6-9-17-8-4-5-12(17)10-11;;/h11-12H,3-10,15H2,1-2H3,(H,16,18);2*1H. The summed E-state index contributed by atoms with van der Waals surface area (Å²) in [4.78, 5) is 14.7. The number of rotatable bonds is 4. The number of halogens is 2. The molecule has 2 saturated heterocycles. The Morgan fingerprint density at radius 2 is 2.05 bits per heavy atom. The lowest BCUT2D eigenvalue weighted by atomic mass is 9.93. The van der Waals surface area contributed by atoms with E-state index in [9.17, 15) is 4.79 Å². The van der Waals surface area contributed by atoms with E-state index in [-0.39, 0.29) is 30.7 Å². The minimum absolute atomic E-state index is 0. The molecule has 0 bridgehead atoms. The van der Waals surface area contributed by atoms with Gasteiger partial charge in [0.1, 0.15) is 0 Å². The highest BCUT2D eigenvalue weighted by atomic mass is 35.5. The zero-order valence-corrected chi connectivity index (χ0v) is 14.2. The van der Waals surface area contributed by atoms with Gasteiger partial charge in [0.2, 0.25) is 5.91 Å². The number of carbonyl (C=O) groups excluding carboxylic acids is 1. The monoisotopic (exact) mass is 325 g/mol. The molecule has 2 aliphatic heterocycles. The number of amides is 1. The van der Waals surface area contributed by atoms with Crippen LogP contribution in [0.15, 0.2) is 0 Å². The molecule has 2 heterocycles. The Bertz CT molecular complexity index is 313. The predicted octanol–water partition coefficient (Wildman–Crippen LogP) is 2.09. The van der Waals surface area contributed by atoms with Crippen LogP contribution in [-0.2, 0) is 4.79 Å². The minimum atomic E-state index is -0.707. The summed E-state index contributed by atoms with van der Waals surface area (Å²) in [5.74, 6) is 0.0285. The van der Waals surface area contributed by atoms with E-state index in [0.717, 1.165) is 32.2 Å². The lowest BCUT2D eigenvalue weighted by Gasteiger charge is -2.36. The Morgan fingerprint density at radius 1 is 1.35 bits per heavy atom. The Labute approximate surface area is 135 Å². The molecule has 4 nitrogen and oxygen atoms in total. The maximum atomic E-state index is 12.2. The van der Waals surface area contributed by atoms with Crippen LogP contribution in [0.2, 0.25) is 0 Å². The highest BCUT2D eigenvalue weighted by Crippen LogP contribution is 2.27. The number of fused-ring (bicyclic) bond motifs is 1. The van der Waals surface area contributed by atoms with Crippen LogP contribution in [0.1, 0.15) is 52.4 Å². The molecule has 0 saturated carbocycles. The zero-order valence-electron chi connectivity index (χ0n) is 12.6. The second kappa shape index (κ2) is 8.42. The molecule has 2 rings (SSSR count). The molecule has 0 spiro atoms. The summed E-state index contributed by atoms with van der Waals surface area (Å²) in [6, 6.07) is 1.02. The Kier molecular flexibility index (Phi) is 8.41. The first-order valence-electron chi connectivity index (χ1n) is 7.37. The maximum absolute atomic E-state index is 12.2. The number of hydrogen-bond acceptors (Lipinski definition) is 3. The van der Waals surface area contributed by atoms with Crippen molar-refractivity contribution in [3.63, 3.8) is 0 Å². The lowest BCUT2D eigenvalue weighted by Crippen LogP contribution is -2.56. The Hall–Kier alpha value is -0.0300. The molecule has 0 aliphatic carbocycles. The summed E-state index contributed by atoms with van der Waals surface area (Å²) in [5.41, 5.74) is 5.37. The molecule has 3 unspecified atom stereocenters. The molecule has 6 heteroatoms. The van der Waals surface area contributed by atoms with Gasteiger partial charge in [0.15, 0.2) is 0 Å². The average Bonchev–Trinajstić information content (AvgIpc) is 2.76. The summed E-state index contributed by atoms with van der Waals surface area (Å²) in [6.45, 7) is 6.28. The van der Waals surface area contributed by atoms with Crippen molar-refractivity contribution in [1.29, 1.82) is 0 Å². The number of nitrogens with zero attached hydrogens (tertiary/aromatic N) is 1. The van der Waals surface area contributed by atoms with Crippen LogP contribution in [0.4, 0.5) is 0 Å². The topological polar surface area (TPSA) is 58.4 Å². The van der Waals surface area contributed by atoms with E-state index in [0.29, 0.717) is 12.1 Å². The zero-order chi connectivity index (χ0) is 13.2. The summed E-state index contributed by atoms with van der Waals surface area (Å²) >= 11 is 0. The summed E-state index contributed by atoms with van der Waals surface area (Å²) in [5, 5.41) is 3.17. The molecular weight excluding hydrogens is 297 g/mol. The van der Waals surface area contributed by atoms with Gasteiger partial charge in [0, 0.05) is 18.6 Å². The molecule has 0 aromatic rings. The number of hydrogen-bond donors (Lipinski definition) is 2. The second-order valence-corrected chi connectivity index (χ2v) is 6.19. The number of piperidine rings is 1. The number of carbonyl (C=O) groups is 1. The van der Waals surface area contributed by atoms with Gasteiger partial charge in [-0.1, -0.05) is 13.3 Å². The third-order valence-electron chi connectivity index (χ3n) is 4.44. The van der Waals surface area contributed by atoms with E-state index in [1.165, 1.54) is 19.4 Å². The van der Waals surface area contributed by atoms with Crippen LogP contribution < -0.4 is 11.1 Å². The predicted molar refractivity (Wildman–Crippen MR) is 87.8 cm³/mol. The first-order valence-corrected chi connectivity index (χ1v) is 7.37. The van der Waals surface area contributed by atoms with Gasteiger partial charge >= 0.3 is 0 Å². The van der Waals surface area contributed by atoms with Gasteiger partial charge in [-0.15, -0.1) is 24.8 Å². The van der Waals surface area contributed by atoms with Crippen LogP contribution in [0, 0.1) is 0 Å². The van der Waals surface area contributed by atoms with Gasteiger partial charge < -0.3 is 16.0 Å². The van der Waals surface area contributed by atoms with Crippen LogP contribution in [0.3, 0.4) is 0 Å². The van der Waals surface area contributed by atoms with Crippen molar-refractivity contribution < 1.29 is 4.79 Å². The number of nitrogens with two attached hydrogens (primary N) is 1. The fourth-order valence-corrected chi connectivity index (χ4v) is 3.34. The van der Waals surface area contributed by atoms with Crippen molar-refractivity contribution in [2.24, 2.45) is 5.73 Å². The van der Waals surface area contributed by atoms with Gasteiger partial charge in [0.25, 0.3) is 0 Å². The first-order chi connectivity index (χ1) is 8.53. The van der Waals surface area contributed by atoms with E-state index < -0.39 is 5.54 Å². The van der Waals surface area contributed by atoms with Crippen molar-refractivity contribution >= 4 is 30.7 Å². The molecule has 120 valence electrons. The van der Waals surface area contributed by atoms with E-state index in [1.54, 1.807) is 0 Å². The Balaban J connectivity index is 0.00000180. The summed E-state index contributed by atoms with van der Waals surface area (Å²) < 4.78 is 0. The van der Waals surface area contributed by atoms with Gasteiger partial charge in [-0.05, 0) is 45.6 Å². The Morgan fingerprint density at radius 3 is 2.70 bits per heavy atom. The minimum Gasteiger partial charge on any atom is -0.352 e. The fourth-order valence-electron chi connectivity index (χ4n) is 3.34. The third kappa shape index (κ3) is 4.76. The van der Waals surface area contributed by atoms with Crippen molar-refractivity contribution in [2.45, 2.75) is 70.0 Å². The molecule has 2 fully saturated rings. The smallest absolute Gasteiger partial charge is 0.240 e. The van der Waals surface area contributed by atoms with Crippen LogP contribution >= 0.6 is 24.8 Å². The summed E-state index contributed by atoms with van der Waals surface area (Å²) in [6.07, 6.45) is 6.48. The number of nitrogens with one attached hydrogen (secondary N) is 1. The second-order valence-electron chi connectivity index (χ2n) is 6.19. The van der Waals surface area contributed by atoms with Gasteiger partial charge in [-0.25, -0.2) is 0 Å². The molecule has 1 amide bonds. The lowest BCUT2D eigenvalue weighted by molar-refractivity contribution is -0.127. The maximum Gasteiger partial charge on any atom is 0.240 e. The SMILES string of the molecule is CCCC(C)(N)C(=O)NC1CCN2CCCC2C1.Cl.Cl. The molecule has 0 aromatic heterocycles. The molecule has 0 radical (unpaired) electrons. The van der Waals surface area contributed by atoms with E-state index >= 15 is 0 Å². The van der Waals surface area contributed by atoms with Crippen LogP contribution in [-0.4, -0.2) is 41.5 Å². The molecule has 3 N–H and O–H groups in total. The van der Waals surface area contributed by atoms with E-state index in [1.807, 2.05) is 6.92 Å². The van der Waals surface area contributed by atoms with E-state index in [2.05, 4.69) is 17.1 Å². The molecule has 3 atom stereocenters. The van der Waals surface area contributed by atoms with Crippen molar-refractivity contribution in [3.8, 4) is 0 Å². The molecule has 0 aromatic carbocycles. The third-order valence-corrected chi connectivity index (χ3v) is 4.44. The quantitative estimate of drug-likeness (QED) is 0.832. The fraction of sp³-hybridized carbons (Fsp3) is 0.929. The van der Waals surface area contributed by atoms with Crippen LogP contribution in [0.25, 0.3) is 0 Å². The van der Waals surface area contributed by atoms with Gasteiger partial charge in [-0.3, -0.25) is 4.79 Å². The largest absolute Gasteiger partial charge is 0.352 e. The molecule has 20 heavy (non-hydrogen) atoms. The van der Waals surface area contributed by atoms with Crippen LogP contribution in [0.5, 0.6) is 0 Å². The molecule has 2 aliphatic rings. The van der Waals surface area contributed by atoms with E-state index in [4.69, 9.17) is 5.73 Å².